The van der Waals surface area contributed by atoms with Gasteiger partial charge in [-0.25, -0.2) is 15.0 Å². The number of nitrogens with zero attached hydrogens (tertiary/aromatic N) is 3. The van der Waals surface area contributed by atoms with Gasteiger partial charge in [0.15, 0.2) is 17.5 Å². The van der Waals surface area contributed by atoms with Crippen molar-refractivity contribution < 1.29 is 4.42 Å². The highest BCUT2D eigenvalue weighted by Gasteiger charge is 2.19. The molecule has 0 aliphatic heterocycles. The molecule has 59 heavy (non-hydrogen) atoms. The van der Waals surface area contributed by atoms with Crippen molar-refractivity contribution in [2.45, 2.75) is 0 Å². The molecule has 0 spiro atoms. The van der Waals surface area contributed by atoms with E-state index in [0.29, 0.717) is 17.5 Å². The van der Waals surface area contributed by atoms with Gasteiger partial charge in [0.2, 0.25) is 0 Å². The van der Waals surface area contributed by atoms with E-state index < -0.39 is 0 Å². The van der Waals surface area contributed by atoms with Crippen LogP contribution in [0.25, 0.3) is 121 Å². The molecule has 0 radical (unpaired) electrons. The van der Waals surface area contributed by atoms with Crippen LogP contribution in [0.5, 0.6) is 0 Å². The van der Waals surface area contributed by atoms with Gasteiger partial charge in [-0.3, -0.25) is 0 Å². The first-order valence-electron chi connectivity index (χ1n) is 19.9. The fourth-order valence-corrected chi connectivity index (χ4v) is 8.92. The summed E-state index contributed by atoms with van der Waals surface area (Å²) >= 11 is 0. The summed E-state index contributed by atoms with van der Waals surface area (Å²) in [6.45, 7) is 0. The summed E-state index contributed by atoms with van der Waals surface area (Å²) in [5.41, 5.74) is 9.03. The zero-order chi connectivity index (χ0) is 38.9. The standard InChI is InChI=1S/C55H33N3O/c1-2-14-36(15-3-1)53-56-54(37-27-25-35(26-28-37)47-32-39-17-6-7-18-41(39)45-30-29-34-13-4-9-20-43(34)51(45)47)58-55(57-53)40-31-38-16-5-8-19-42(38)48(33-40)44-22-12-24-50-52(44)46-21-10-11-23-49(46)59-50/h1-33H. The predicted molar refractivity (Wildman–Crippen MR) is 244 cm³/mol. The smallest absolute Gasteiger partial charge is 0.164 e. The number of benzene rings is 10. The van der Waals surface area contributed by atoms with E-state index in [9.17, 15) is 0 Å². The lowest BCUT2D eigenvalue weighted by Gasteiger charge is -2.15. The largest absolute Gasteiger partial charge is 0.456 e. The normalized spacial score (nSPS) is 11.7. The van der Waals surface area contributed by atoms with E-state index in [0.717, 1.165) is 66.1 Å². The minimum Gasteiger partial charge on any atom is -0.456 e. The van der Waals surface area contributed by atoms with Gasteiger partial charge in [-0.05, 0) is 95.7 Å². The molecule has 4 nitrogen and oxygen atoms in total. The molecule has 12 rings (SSSR count). The van der Waals surface area contributed by atoms with Crippen molar-refractivity contribution in [3.63, 3.8) is 0 Å². The van der Waals surface area contributed by atoms with Crippen molar-refractivity contribution in [3.05, 3.63) is 200 Å². The minimum absolute atomic E-state index is 0.612. The fourth-order valence-electron chi connectivity index (χ4n) is 8.92. The second-order valence-electron chi connectivity index (χ2n) is 15.1. The summed E-state index contributed by atoms with van der Waals surface area (Å²) < 4.78 is 6.33. The maximum absolute atomic E-state index is 6.33. The Hall–Kier alpha value is -7.95. The molecule has 12 aromatic rings. The van der Waals surface area contributed by atoms with Crippen molar-refractivity contribution >= 4 is 65.0 Å². The van der Waals surface area contributed by atoms with Gasteiger partial charge in [-0.1, -0.05) is 170 Å². The Kier molecular flexibility index (Phi) is 7.50. The van der Waals surface area contributed by atoms with E-state index in [2.05, 4.69) is 164 Å². The summed E-state index contributed by atoms with van der Waals surface area (Å²) in [6, 6.07) is 70.5. The van der Waals surface area contributed by atoms with Gasteiger partial charge in [0.1, 0.15) is 11.2 Å². The third-order valence-electron chi connectivity index (χ3n) is 11.7. The van der Waals surface area contributed by atoms with Crippen LogP contribution in [0, 0.1) is 0 Å². The Morgan fingerprint density at radius 3 is 1.63 bits per heavy atom. The van der Waals surface area contributed by atoms with E-state index in [4.69, 9.17) is 19.4 Å². The number of hydrogen-bond donors (Lipinski definition) is 0. The molecule has 0 atom stereocenters. The average molecular weight is 752 g/mol. The van der Waals surface area contributed by atoms with E-state index in [1.165, 1.54) is 37.9 Å². The van der Waals surface area contributed by atoms with Gasteiger partial charge < -0.3 is 4.42 Å². The molecule has 0 fully saturated rings. The van der Waals surface area contributed by atoms with Crippen LogP contribution in [-0.2, 0) is 0 Å². The van der Waals surface area contributed by atoms with Crippen LogP contribution in [0.3, 0.4) is 0 Å². The Labute approximate surface area is 339 Å². The second-order valence-corrected chi connectivity index (χ2v) is 15.1. The van der Waals surface area contributed by atoms with Crippen molar-refractivity contribution in [2.75, 3.05) is 0 Å². The molecule has 0 saturated heterocycles. The monoisotopic (exact) mass is 751 g/mol. The van der Waals surface area contributed by atoms with Crippen LogP contribution in [0.1, 0.15) is 0 Å². The van der Waals surface area contributed by atoms with Gasteiger partial charge >= 0.3 is 0 Å². The summed E-state index contributed by atoms with van der Waals surface area (Å²) in [5.74, 6) is 1.85. The molecule has 274 valence electrons. The maximum Gasteiger partial charge on any atom is 0.164 e. The van der Waals surface area contributed by atoms with E-state index >= 15 is 0 Å². The van der Waals surface area contributed by atoms with Crippen molar-refractivity contribution in [1.29, 1.82) is 0 Å². The molecule has 0 N–H and O–H groups in total. The summed E-state index contributed by atoms with van der Waals surface area (Å²) in [7, 11) is 0. The third kappa shape index (κ3) is 5.49. The summed E-state index contributed by atoms with van der Waals surface area (Å²) in [6.07, 6.45) is 0. The highest BCUT2D eigenvalue weighted by Crippen LogP contribution is 2.42. The Morgan fingerprint density at radius 1 is 0.271 bits per heavy atom. The molecule has 0 aliphatic carbocycles. The lowest BCUT2D eigenvalue weighted by Crippen LogP contribution is -2.00. The zero-order valence-corrected chi connectivity index (χ0v) is 31.8. The molecule has 10 aromatic carbocycles. The molecule has 0 aliphatic rings. The van der Waals surface area contributed by atoms with E-state index in [1.54, 1.807) is 0 Å². The number of fused-ring (bicyclic) bond motifs is 9. The molecule has 4 heteroatoms. The van der Waals surface area contributed by atoms with Crippen LogP contribution in [0.4, 0.5) is 0 Å². The van der Waals surface area contributed by atoms with Crippen molar-refractivity contribution in [2.24, 2.45) is 0 Å². The molecular formula is C55H33N3O. The minimum atomic E-state index is 0.612. The van der Waals surface area contributed by atoms with E-state index in [-0.39, 0.29) is 0 Å². The van der Waals surface area contributed by atoms with Gasteiger partial charge in [-0.2, -0.15) is 0 Å². The Balaban J connectivity index is 1.04. The van der Waals surface area contributed by atoms with Gasteiger partial charge in [-0.15, -0.1) is 0 Å². The molecule has 0 bridgehead atoms. The van der Waals surface area contributed by atoms with E-state index in [1.807, 2.05) is 36.4 Å². The average Bonchev–Trinajstić information content (AvgIpc) is 3.70. The molecule has 2 heterocycles. The molecule has 0 amide bonds. The SMILES string of the molecule is c1ccc(-c2nc(-c3ccc(-c4cc5ccccc5c5ccc6ccccc6c45)cc3)nc(-c3cc(-c4cccc5oc6ccccc6c45)c4ccccc4c3)n2)cc1. The van der Waals surface area contributed by atoms with Gasteiger partial charge in [0.05, 0.1) is 0 Å². The van der Waals surface area contributed by atoms with Gasteiger partial charge in [0.25, 0.3) is 0 Å². The second kappa shape index (κ2) is 13.3. The topological polar surface area (TPSA) is 51.8 Å². The maximum atomic E-state index is 6.33. The van der Waals surface area contributed by atoms with Crippen LogP contribution < -0.4 is 0 Å². The highest BCUT2D eigenvalue weighted by molar-refractivity contribution is 6.23. The van der Waals surface area contributed by atoms with Crippen molar-refractivity contribution in [1.82, 2.24) is 15.0 Å². The zero-order valence-electron chi connectivity index (χ0n) is 31.8. The molecular weight excluding hydrogens is 719 g/mol. The molecule has 0 saturated carbocycles. The first-order chi connectivity index (χ1) is 29.2. The number of hydrogen-bond acceptors (Lipinski definition) is 4. The van der Waals surface area contributed by atoms with Crippen LogP contribution >= 0.6 is 0 Å². The number of rotatable bonds is 5. The van der Waals surface area contributed by atoms with Crippen molar-refractivity contribution in [3.8, 4) is 56.4 Å². The van der Waals surface area contributed by atoms with Crippen LogP contribution in [0.2, 0.25) is 0 Å². The first-order valence-corrected chi connectivity index (χ1v) is 19.9. The van der Waals surface area contributed by atoms with Crippen LogP contribution in [0.15, 0.2) is 205 Å². The fraction of sp³-hybridized carbons (Fsp3) is 0. The predicted octanol–water partition coefficient (Wildman–Crippen LogP) is 14.7. The molecule has 0 unspecified atom stereocenters. The van der Waals surface area contributed by atoms with Crippen LogP contribution in [-0.4, -0.2) is 15.0 Å². The quantitative estimate of drug-likeness (QED) is 0.164. The lowest BCUT2D eigenvalue weighted by atomic mass is 9.90. The lowest BCUT2D eigenvalue weighted by molar-refractivity contribution is 0.669. The van der Waals surface area contributed by atoms with Gasteiger partial charge in [0, 0.05) is 27.5 Å². The summed E-state index contributed by atoms with van der Waals surface area (Å²) in [5, 5.41) is 11.9. The number of para-hydroxylation sites is 1. The summed E-state index contributed by atoms with van der Waals surface area (Å²) in [4.78, 5) is 15.5. The highest BCUT2D eigenvalue weighted by atomic mass is 16.3. The molecule has 2 aromatic heterocycles. The Morgan fingerprint density at radius 2 is 0.847 bits per heavy atom. The number of aromatic nitrogens is 3. The third-order valence-corrected chi connectivity index (χ3v) is 11.7. The first kappa shape index (κ1) is 33.2. The Bertz CT molecular complexity index is 3610. The number of furan rings is 1.